The van der Waals surface area contributed by atoms with E-state index in [0.29, 0.717) is 19.0 Å². The maximum Gasteiger partial charge on any atom is 0.404 e. The van der Waals surface area contributed by atoms with E-state index in [9.17, 15) is 14.4 Å². The van der Waals surface area contributed by atoms with Crippen molar-refractivity contribution in [2.75, 3.05) is 18.0 Å². The highest BCUT2D eigenvalue weighted by Gasteiger charge is 2.26. The van der Waals surface area contributed by atoms with E-state index in [0.717, 1.165) is 12.8 Å². The number of anilines is 1. The van der Waals surface area contributed by atoms with Crippen LogP contribution < -0.4 is 21.5 Å². The van der Waals surface area contributed by atoms with Crippen LogP contribution in [0.2, 0.25) is 0 Å². The van der Waals surface area contributed by atoms with E-state index in [4.69, 9.17) is 5.11 Å². The van der Waals surface area contributed by atoms with Gasteiger partial charge in [-0.15, -0.1) is 5.92 Å². The molecule has 3 heterocycles. The number of nitrogens with one attached hydrogen (secondary N) is 2. The lowest BCUT2D eigenvalue weighted by molar-refractivity contribution is 0.188. The highest BCUT2D eigenvalue weighted by atomic mass is 16.4. The van der Waals surface area contributed by atoms with Crippen LogP contribution in [0.25, 0.3) is 11.2 Å². The summed E-state index contributed by atoms with van der Waals surface area (Å²) in [5.41, 5.74) is -0.501. The zero-order chi connectivity index (χ0) is 18.8. The number of amides is 1. The van der Waals surface area contributed by atoms with Gasteiger partial charge in [-0.3, -0.25) is 18.9 Å². The first-order chi connectivity index (χ1) is 12.4. The van der Waals surface area contributed by atoms with Crippen molar-refractivity contribution in [3.05, 3.63) is 20.8 Å². The summed E-state index contributed by atoms with van der Waals surface area (Å²) in [4.78, 5) is 43.9. The van der Waals surface area contributed by atoms with Crippen molar-refractivity contribution in [3.8, 4) is 11.8 Å². The molecular weight excluding hydrogens is 340 g/mol. The fourth-order valence-electron chi connectivity index (χ4n) is 3.22. The van der Waals surface area contributed by atoms with Gasteiger partial charge in [0.25, 0.3) is 5.56 Å². The van der Waals surface area contributed by atoms with Crippen molar-refractivity contribution >= 4 is 23.2 Å². The van der Waals surface area contributed by atoms with Gasteiger partial charge in [0, 0.05) is 26.2 Å². The Hall–Kier alpha value is -3.22. The van der Waals surface area contributed by atoms with Crippen LogP contribution in [0.15, 0.2) is 9.59 Å². The smallest absolute Gasteiger partial charge is 0.404 e. The van der Waals surface area contributed by atoms with Gasteiger partial charge in [-0.25, -0.2) is 9.59 Å². The number of fused-ring (bicyclic) bond motifs is 1. The number of rotatable bonds is 3. The van der Waals surface area contributed by atoms with Gasteiger partial charge in [-0.05, 0) is 19.8 Å². The second kappa shape index (κ2) is 6.95. The normalized spacial score (nSPS) is 17.0. The van der Waals surface area contributed by atoms with E-state index in [2.05, 4.69) is 27.1 Å². The molecule has 138 valence electrons. The van der Waals surface area contributed by atoms with Crippen LogP contribution in [0.4, 0.5) is 10.7 Å². The van der Waals surface area contributed by atoms with Crippen LogP contribution in [0.3, 0.4) is 0 Å². The van der Waals surface area contributed by atoms with E-state index < -0.39 is 17.3 Å². The van der Waals surface area contributed by atoms with E-state index in [1.54, 1.807) is 11.5 Å². The molecule has 0 aliphatic carbocycles. The molecule has 0 spiro atoms. The molecule has 10 heteroatoms. The van der Waals surface area contributed by atoms with Crippen molar-refractivity contribution in [2.45, 2.75) is 32.4 Å². The zero-order valence-electron chi connectivity index (χ0n) is 14.6. The second-order valence-corrected chi connectivity index (χ2v) is 6.15. The summed E-state index contributed by atoms with van der Waals surface area (Å²) in [7, 11) is 1.54. The Morgan fingerprint density at radius 1 is 1.46 bits per heavy atom. The van der Waals surface area contributed by atoms with E-state index in [-0.39, 0.29) is 23.8 Å². The predicted octanol–water partition coefficient (Wildman–Crippen LogP) is -0.317. The molecule has 1 unspecified atom stereocenters. The Balaban J connectivity index is 2.12. The second-order valence-electron chi connectivity index (χ2n) is 6.15. The summed E-state index contributed by atoms with van der Waals surface area (Å²) in [6.45, 7) is 3.05. The Bertz CT molecular complexity index is 1020. The maximum atomic E-state index is 12.4. The molecule has 1 fully saturated rings. The van der Waals surface area contributed by atoms with Crippen molar-refractivity contribution in [1.82, 2.24) is 24.4 Å². The predicted molar refractivity (Wildman–Crippen MR) is 95.4 cm³/mol. The lowest BCUT2D eigenvalue weighted by atomic mass is 10.1. The fraction of sp³-hybridized carbons (Fsp3) is 0.500. The first-order valence-corrected chi connectivity index (χ1v) is 8.26. The monoisotopic (exact) mass is 360 g/mol. The highest BCUT2D eigenvalue weighted by molar-refractivity contribution is 5.74. The molecule has 3 N–H and O–H groups in total. The third-order valence-electron chi connectivity index (χ3n) is 4.43. The average Bonchev–Trinajstić information content (AvgIpc) is 2.97. The minimum absolute atomic E-state index is 0.228. The summed E-state index contributed by atoms with van der Waals surface area (Å²) in [5, 5.41) is 11.5. The van der Waals surface area contributed by atoms with Crippen LogP contribution in [0.1, 0.15) is 19.8 Å². The number of aryl methyl sites for hydroxylation is 1. The van der Waals surface area contributed by atoms with E-state index in [1.807, 2.05) is 4.90 Å². The molecule has 0 aromatic carbocycles. The molecular formula is C16H20N6O4. The highest BCUT2D eigenvalue weighted by Crippen LogP contribution is 2.23. The van der Waals surface area contributed by atoms with Crippen molar-refractivity contribution in [2.24, 2.45) is 7.05 Å². The van der Waals surface area contributed by atoms with E-state index in [1.165, 1.54) is 11.6 Å². The quantitative estimate of drug-likeness (QED) is 0.645. The number of carboxylic acid groups (broad SMARTS) is 1. The molecule has 0 saturated carbocycles. The number of imidazole rings is 1. The van der Waals surface area contributed by atoms with Crippen molar-refractivity contribution in [3.63, 3.8) is 0 Å². The molecule has 1 amide bonds. The minimum atomic E-state index is -1.07. The first kappa shape index (κ1) is 17.6. The van der Waals surface area contributed by atoms with Crippen molar-refractivity contribution in [1.29, 1.82) is 0 Å². The average molecular weight is 360 g/mol. The van der Waals surface area contributed by atoms with Gasteiger partial charge >= 0.3 is 11.8 Å². The summed E-state index contributed by atoms with van der Waals surface area (Å²) in [6, 6.07) is -0.228. The van der Waals surface area contributed by atoms with Crippen LogP contribution in [0, 0.1) is 11.8 Å². The van der Waals surface area contributed by atoms with Gasteiger partial charge < -0.3 is 15.3 Å². The summed E-state index contributed by atoms with van der Waals surface area (Å²) in [6.07, 6.45) is 0.445. The largest absolute Gasteiger partial charge is 0.465 e. The fourth-order valence-corrected chi connectivity index (χ4v) is 3.22. The Morgan fingerprint density at radius 3 is 2.92 bits per heavy atom. The Morgan fingerprint density at radius 2 is 2.23 bits per heavy atom. The molecule has 2 aromatic rings. The lowest BCUT2D eigenvalue weighted by Crippen LogP contribution is -2.48. The lowest BCUT2D eigenvalue weighted by Gasteiger charge is -2.33. The van der Waals surface area contributed by atoms with Crippen LogP contribution in [-0.4, -0.2) is 49.4 Å². The zero-order valence-corrected chi connectivity index (χ0v) is 14.6. The molecule has 3 rings (SSSR count). The topological polar surface area (TPSA) is 125 Å². The number of aromatic amines is 1. The van der Waals surface area contributed by atoms with Crippen molar-refractivity contribution < 1.29 is 9.90 Å². The molecule has 26 heavy (non-hydrogen) atoms. The number of H-pyrrole nitrogens is 1. The first-order valence-electron chi connectivity index (χ1n) is 8.26. The minimum Gasteiger partial charge on any atom is -0.465 e. The van der Waals surface area contributed by atoms with Gasteiger partial charge in [0.05, 0.1) is 6.54 Å². The number of carbonyl (C=O) groups is 1. The molecule has 1 saturated heterocycles. The van der Waals surface area contributed by atoms with Gasteiger partial charge in [0.2, 0.25) is 5.95 Å². The molecule has 1 atom stereocenters. The third kappa shape index (κ3) is 3.15. The number of hydrogen-bond acceptors (Lipinski definition) is 5. The standard InChI is InChI=1S/C16H20N6O4/c1-3-4-8-22-11-12(20(2)15(24)19-13(11)23)18-14(22)21-7-5-6-10(9-21)17-16(25)26/h10,17H,5-9H2,1-2H3,(H,25,26)(H,19,23,24). The Labute approximate surface area is 148 Å². The molecule has 0 radical (unpaired) electrons. The molecule has 1 aliphatic rings. The molecule has 2 aromatic heterocycles. The molecule has 0 bridgehead atoms. The number of hydrogen-bond donors (Lipinski definition) is 3. The number of aromatic nitrogens is 4. The van der Waals surface area contributed by atoms with Gasteiger partial charge in [-0.1, -0.05) is 5.92 Å². The van der Waals surface area contributed by atoms with Crippen LogP contribution in [0.5, 0.6) is 0 Å². The third-order valence-corrected chi connectivity index (χ3v) is 4.43. The van der Waals surface area contributed by atoms with Gasteiger partial charge in [0.15, 0.2) is 11.2 Å². The maximum absolute atomic E-state index is 12.4. The van der Waals surface area contributed by atoms with E-state index >= 15 is 0 Å². The van der Waals surface area contributed by atoms with Gasteiger partial charge in [-0.2, -0.15) is 4.98 Å². The Kier molecular flexibility index (Phi) is 4.71. The van der Waals surface area contributed by atoms with Gasteiger partial charge in [0.1, 0.15) is 0 Å². The summed E-state index contributed by atoms with van der Waals surface area (Å²) >= 11 is 0. The summed E-state index contributed by atoms with van der Waals surface area (Å²) < 4.78 is 2.96. The molecule has 1 aliphatic heterocycles. The molecule has 10 nitrogen and oxygen atoms in total. The SMILES string of the molecule is CC#CCn1c(N2CCCC(NC(=O)O)C2)nc2c1c(=O)[nH]c(=O)n2C. The number of nitrogens with zero attached hydrogens (tertiary/aromatic N) is 4. The number of piperidine rings is 1. The summed E-state index contributed by atoms with van der Waals surface area (Å²) in [5.74, 6) is 6.22. The van der Waals surface area contributed by atoms with Crippen LogP contribution >= 0.6 is 0 Å². The van der Waals surface area contributed by atoms with Crippen LogP contribution in [-0.2, 0) is 13.6 Å².